The van der Waals surface area contributed by atoms with Crippen LogP contribution in [0.5, 0.6) is 0 Å². The number of rotatable bonds is 4. The molecular formula is C13H16N4O2S2. The quantitative estimate of drug-likeness (QED) is 0.931. The minimum absolute atomic E-state index is 0.236. The Morgan fingerprint density at radius 2 is 2.29 bits per heavy atom. The molecule has 0 aliphatic carbocycles. The van der Waals surface area contributed by atoms with Crippen LogP contribution in [-0.2, 0) is 16.6 Å². The number of nitrogens with zero attached hydrogens (tertiary/aromatic N) is 3. The number of hydrogen-bond acceptors (Lipinski definition) is 6. The minimum atomic E-state index is -3.13. The number of aromatic nitrogens is 2. The molecule has 0 radical (unpaired) electrons. The smallest absolute Gasteiger partial charge is 0.235 e. The fraction of sp³-hybridized carbons (Fsp3) is 0.385. The van der Waals surface area contributed by atoms with E-state index >= 15 is 0 Å². The van der Waals surface area contributed by atoms with Crippen LogP contribution in [0.25, 0.3) is 0 Å². The lowest BCUT2D eigenvalue weighted by molar-refractivity contribution is 0.599. The third kappa shape index (κ3) is 3.16. The number of aryl methyl sites for hydroxylation is 1. The van der Waals surface area contributed by atoms with Gasteiger partial charge in [-0.15, -0.1) is 0 Å². The van der Waals surface area contributed by atoms with Crippen molar-refractivity contribution in [1.29, 1.82) is 0 Å². The van der Waals surface area contributed by atoms with Crippen LogP contribution in [0.2, 0.25) is 0 Å². The van der Waals surface area contributed by atoms with Crippen LogP contribution in [0.4, 0.5) is 10.8 Å². The second-order valence-corrected chi connectivity index (χ2v) is 7.68. The molecule has 0 amide bonds. The van der Waals surface area contributed by atoms with Crippen LogP contribution >= 0.6 is 11.5 Å². The van der Waals surface area contributed by atoms with Crippen LogP contribution in [-0.4, -0.2) is 30.1 Å². The Labute approximate surface area is 128 Å². The van der Waals surface area contributed by atoms with Crippen molar-refractivity contribution < 1.29 is 8.42 Å². The zero-order valence-electron chi connectivity index (χ0n) is 11.6. The van der Waals surface area contributed by atoms with Gasteiger partial charge in [0.05, 0.1) is 11.4 Å². The van der Waals surface area contributed by atoms with E-state index in [1.165, 1.54) is 15.8 Å². The summed E-state index contributed by atoms with van der Waals surface area (Å²) < 4.78 is 29.5. The van der Waals surface area contributed by atoms with E-state index in [-0.39, 0.29) is 5.75 Å². The van der Waals surface area contributed by atoms with Gasteiger partial charge in [0, 0.05) is 24.6 Å². The zero-order valence-corrected chi connectivity index (χ0v) is 13.2. The van der Waals surface area contributed by atoms with E-state index in [9.17, 15) is 8.42 Å². The second kappa shape index (κ2) is 5.61. The highest BCUT2D eigenvalue weighted by Crippen LogP contribution is 2.25. The van der Waals surface area contributed by atoms with Crippen molar-refractivity contribution in [2.75, 3.05) is 21.9 Å². The van der Waals surface area contributed by atoms with E-state index in [1.54, 1.807) is 0 Å². The Balaban J connectivity index is 1.74. The van der Waals surface area contributed by atoms with Crippen molar-refractivity contribution in [1.82, 2.24) is 9.36 Å². The highest BCUT2D eigenvalue weighted by molar-refractivity contribution is 7.93. The summed E-state index contributed by atoms with van der Waals surface area (Å²) in [6, 6.07) is 7.59. The maximum atomic E-state index is 11.9. The van der Waals surface area contributed by atoms with Gasteiger partial charge in [0.2, 0.25) is 15.2 Å². The summed E-state index contributed by atoms with van der Waals surface area (Å²) in [6.45, 7) is 3.01. The lowest BCUT2D eigenvalue weighted by Crippen LogP contribution is -2.25. The summed E-state index contributed by atoms with van der Waals surface area (Å²) >= 11 is 1.32. The Morgan fingerprint density at radius 3 is 2.95 bits per heavy atom. The molecule has 2 heterocycles. The van der Waals surface area contributed by atoms with Crippen LogP contribution in [0.3, 0.4) is 0 Å². The van der Waals surface area contributed by atoms with Crippen molar-refractivity contribution in [3.8, 4) is 0 Å². The SMILES string of the molecule is Cc1nsc(NCc2cccc(N3CCCS3(=O)=O)c2)n1. The molecule has 6 nitrogen and oxygen atoms in total. The van der Waals surface area contributed by atoms with Gasteiger partial charge in [-0.05, 0) is 31.0 Å². The highest BCUT2D eigenvalue weighted by atomic mass is 32.2. The molecule has 112 valence electrons. The van der Waals surface area contributed by atoms with Crippen LogP contribution in [0.15, 0.2) is 24.3 Å². The third-order valence-corrected chi connectivity index (χ3v) is 5.90. The van der Waals surface area contributed by atoms with E-state index in [0.717, 1.165) is 22.2 Å². The Hall–Kier alpha value is -1.67. The molecule has 1 fully saturated rings. The first-order chi connectivity index (χ1) is 10.0. The summed E-state index contributed by atoms with van der Waals surface area (Å²) in [4.78, 5) is 4.24. The molecule has 1 aromatic heterocycles. The van der Waals surface area contributed by atoms with Gasteiger partial charge in [-0.2, -0.15) is 4.37 Å². The van der Waals surface area contributed by atoms with E-state index in [4.69, 9.17) is 0 Å². The molecule has 0 atom stereocenters. The van der Waals surface area contributed by atoms with Crippen molar-refractivity contribution in [2.45, 2.75) is 19.9 Å². The number of benzene rings is 1. The summed E-state index contributed by atoms with van der Waals surface area (Å²) in [5.74, 6) is 0.985. The molecule has 0 bridgehead atoms. The van der Waals surface area contributed by atoms with Gasteiger partial charge in [0.1, 0.15) is 5.82 Å². The van der Waals surface area contributed by atoms with Gasteiger partial charge >= 0.3 is 0 Å². The Morgan fingerprint density at radius 1 is 1.43 bits per heavy atom. The summed E-state index contributed by atoms with van der Waals surface area (Å²) in [7, 11) is -3.13. The topological polar surface area (TPSA) is 75.2 Å². The van der Waals surface area contributed by atoms with Crippen LogP contribution in [0.1, 0.15) is 17.8 Å². The van der Waals surface area contributed by atoms with E-state index in [1.807, 2.05) is 31.2 Å². The van der Waals surface area contributed by atoms with E-state index in [2.05, 4.69) is 14.7 Å². The van der Waals surface area contributed by atoms with Crippen molar-refractivity contribution >= 4 is 32.4 Å². The lowest BCUT2D eigenvalue weighted by atomic mass is 10.2. The van der Waals surface area contributed by atoms with Gasteiger partial charge in [-0.1, -0.05) is 12.1 Å². The largest absolute Gasteiger partial charge is 0.356 e. The Bertz CT molecular complexity index is 742. The summed E-state index contributed by atoms with van der Waals surface area (Å²) in [5, 5.41) is 3.97. The maximum Gasteiger partial charge on any atom is 0.235 e. The summed E-state index contributed by atoms with van der Waals surface area (Å²) in [5.41, 5.74) is 1.75. The minimum Gasteiger partial charge on any atom is -0.356 e. The standard InChI is InChI=1S/C13H16N4O2S2/c1-10-15-13(20-16-10)14-9-11-4-2-5-12(8-11)17-6-3-7-21(17,18)19/h2,4-5,8H,3,6-7,9H2,1H3,(H,14,15,16). The molecule has 0 spiro atoms. The first kappa shape index (κ1) is 14.3. The number of anilines is 2. The van der Waals surface area contributed by atoms with Crippen molar-refractivity contribution in [3.05, 3.63) is 35.7 Å². The van der Waals surface area contributed by atoms with Gasteiger partial charge in [0.15, 0.2) is 0 Å². The van der Waals surface area contributed by atoms with Crippen LogP contribution < -0.4 is 9.62 Å². The molecule has 1 aliphatic heterocycles. The van der Waals surface area contributed by atoms with Gasteiger partial charge in [-0.25, -0.2) is 13.4 Å². The van der Waals surface area contributed by atoms with E-state index < -0.39 is 10.0 Å². The molecule has 0 unspecified atom stereocenters. The van der Waals surface area contributed by atoms with Gasteiger partial charge in [0.25, 0.3) is 0 Å². The molecule has 1 aromatic carbocycles. The van der Waals surface area contributed by atoms with E-state index in [0.29, 0.717) is 19.5 Å². The molecular weight excluding hydrogens is 308 g/mol. The van der Waals surface area contributed by atoms with Crippen molar-refractivity contribution in [3.63, 3.8) is 0 Å². The van der Waals surface area contributed by atoms with Crippen LogP contribution in [0, 0.1) is 6.92 Å². The average molecular weight is 324 g/mol. The highest BCUT2D eigenvalue weighted by Gasteiger charge is 2.28. The third-order valence-electron chi connectivity index (χ3n) is 3.27. The fourth-order valence-corrected chi connectivity index (χ4v) is 4.42. The molecule has 8 heteroatoms. The lowest BCUT2D eigenvalue weighted by Gasteiger charge is -2.17. The first-order valence-corrected chi connectivity index (χ1v) is 9.06. The first-order valence-electron chi connectivity index (χ1n) is 6.68. The van der Waals surface area contributed by atoms with Gasteiger partial charge in [-0.3, -0.25) is 4.31 Å². The maximum absolute atomic E-state index is 11.9. The second-order valence-electron chi connectivity index (χ2n) is 4.91. The Kier molecular flexibility index (Phi) is 3.81. The normalized spacial score (nSPS) is 17.1. The predicted octanol–water partition coefficient (Wildman–Crippen LogP) is 2.00. The van der Waals surface area contributed by atoms with Crippen molar-refractivity contribution in [2.24, 2.45) is 0 Å². The number of hydrogen-bond donors (Lipinski definition) is 1. The number of sulfonamides is 1. The molecule has 3 rings (SSSR count). The number of nitrogens with one attached hydrogen (secondary N) is 1. The van der Waals surface area contributed by atoms with Gasteiger partial charge < -0.3 is 5.32 Å². The fourth-order valence-electron chi connectivity index (χ4n) is 2.30. The molecule has 1 N–H and O–H groups in total. The summed E-state index contributed by atoms with van der Waals surface area (Å²) in [6.07, 6.45) is 0.689. The molecule has 1 aliphatic rings. The molecule has 21 heavy (non-hydrogen) atoms. The zero-order chi connectivity index (χ0) is 14.9. The monoisotopic (exact) mass is 324 g/mol. The molecule has 2 aromatic rings. The predicted molar refractivity (Wildman–Crippen MR) is 84.2 cm³/mol. The molecule has 1 saturated heterocycles. The molecule has 0 saturated carbocycles. The average Bonchev–Trinajstić information content (AvgIpc) is 3.02.